The standard InChI is InChI=1S/C19H19NO5S/c1-12-3-5-15(6-4-12)26(21,22)24-11-14-10-23-18-8-7-17-16(19(18)25-14)9-13(2)20-17/h3-9,14,20H,10-11H2,1-2H3. The number of hydrogen-bond donors (Lipinski definition) is 1. The van der Waals surface area contributed by atoms with Crippen molar-refractivity contribution in [3.63, 3.8) is 0 Å². The van der Waals surface area contributed by atoms with Crippen molar-refractivity contribution >= 4 is 21.0 Å². The van der Waals surface area contributed by atoms with E-state index in [9.17, 15) is 8.42 Å². The van der Waals surface area contributed by atoms with Gasteiger partial charge in [-0.25, -0.2) is 0 Å². The number of aryl methyl sites for hydroxylation is 2. The fourth-order valence-corrected chi connectivity index (χ4v) is 3.87. The molecule has 2 heterocycles. The maximum absolute atomic E-state index is 12.3. The number of ether oxygens (including phenoxy) is 2. The number of fused-ring (bicyclic) bond motifs is 3. The Morgan fingerprint density at radius 2 is 1.92 bits per heavy atom. The van der Waals surface area contributed by atoms with Gasteiger partial charge < -0.3 is 14.5 Å². The summed E-state index contributed by atoms with van der Waals surface area (Å²) in [6.45, 7) is 3.97. The zero-order valence-electron chi connectivity index (χ0n) is 14.5. The Hall–Kier alpha value is -2.51. The number of H-pyrrole nitrogens is 1. The molecule has 0 saturated carbocycles. The summed E-state index contributed by atoms with van der Waals surface area (Å²) >= 11 is 0. The molecule has 0 saturated heterocycles. The quantitative estimate of drug-likeness (QED) is 0.710. The molecule has 1 unspecified atom stereocenters. The summed E-state index contributed by atoms with van der Waals surface area (Å²) in [6.07, 6.45) is -0.511. The van der Waals surface area contributed by atoms with Crippen molar-refractivity contribution in [2.75, 3.05) is 13.2 Å². The second-order valence-corrected chi connectivity index (χ2v) is 8.02. The highest BCUT2D eigenvalue weighted by Crippen LogP contribution is 2.39. The van der Waals surface area contributed by atoms with Crippen LogP contribution in [0.2, 0.25) is 0 Å². The smallest absolute Gasteiger partial charge is 0.297 e. The summed E-state index contributed by atoms with van der Waals surface area (Å²) in [4.78, 5) is 3.37. The lowest BCUT2D eigenvalue weighted by Gasteiger charge is -2.26. The highest BCUT2D eigenvalue weighted by atomic mass is 32.2. The topological polar surface area (TPSA) is 77.6 Å². The summed E-state index contributed by atoms with van der Waals surface area (Å²) in [5.74, 6) is 1.26. The summed E-state index contributed by atoms with van der Waals surface area (Å²) in [6, 6.07) is 12.3. The van der Waals surface area contributed by atoms with Gasteiger partial charge in [-0.3, -0.25) is 4.18 Å². The summed E-state index contributed by atoms with van der Waals surface area (Å²) in [5.41, 5.74) is 2.94. The van der Waals surface area contributed by atoms with Crippen molar-refractivity contribution in [3.05, 3.63) is 53.7 Å². The molecule has 1 atom stereocenters. The normalized spacial score (nSPS) is 16.8. The summed E-state index contributed by atoms with van der Waals surface area (Å²) < 4.78 is 41.5. The second-order valence-electron chi connectivity index (χ2n) is 6.41. The van der Waals surface area contributed by atoms with Gasteiger partial charge in [-0.15, -0.1) is 0 Å². The number of benzene rings is 2. The van der Waals surface area contributed by atoms with Gasteiger partial charge in [0.2, 0.25) is 0 Å². The minimum atomic E-state index is -3.83. The molecular weight excluding hydrogens is 354 g/mol. The van der Waals surface area contributed by atoms with Crippen LogP contribution in [0, 0.1) is 13.8 Å². The zero-order chi connectivity index (χ0) is 18.3. The van der Waals surface area contributed by atoms with Crippen molar-refractivity contribution in [3.8, 4) is 11.5 Å². The Labute approximate surface area is 151 Å². The van der Waals surface area contributed by atoms with Crippen LogP contribution in [0.3, 0.4) is 0 Å². The molecule has 0 bridgehead atoms. The van der Waals surface area contributed by atoms with Crippen LogP contribution in [0.4, 0.5) is 0 Å². The largest absolute Gasteiger partial charge is 0.486 e. The van der Waals surface area contributed by atoms with Crippen LogP contribution in [0.5, 0.6) is 11.5 Å². The lowest BCUT2D eigenvalue weighted by molar-refractivity contribution is 0.0571. The van der Waals surface area contributed by atoms with E-state index < -0.39 is 16.2 Å². The van der Waals surface area contributed by atoms with E-state index in [0.29, 0.717) is 11.5 Å². The van der Waals surface area contributed by atoms with Crippen LogP contribution in [0.15, 0.2) is 47.4 Å². The molecule has 1 aliphatic heterocycles. The highest BCUT2D eigenvalue weighted by molar-refractivity contribution is 7.86. The molecule has 3 aromatic rings. The van der Waals surface area contributed by atoms with E-state index >= 15 is 0 Å². The zero-order valence-corrected chi connectivity index (χ0v) is 15.3. The molecule has 1 aromatic heterocycles. The molecule has 0 fully saturated rings. The number of hydrogen-bond acceptors (Lipinski definition) is 5. The van der Waals surface area contributed by atoms with Crippen molar-refractivity contribution in [2.45, 2.75) is 24.8 Å². The number of nitrogens with one attached hydrogen (secondary N) is 1. The van der Waals surface area contributed by atoms with E-state index in [-0.39, 0.29) is 18.1 Å². The Morgan fingerprint density at radius 1 is 1.15 bits per heavy atom. The van der Waals surface area contributed by atoms with Crippen LogP contribution in [-0.2, 0) is 14.3 Å². The van der Waals surface area contributed by atoms with Crippen molar-refractivity contribution < 1.29 is 22.1 Å². The first kappa shape index (κ1) is 16.9. The van der Waals surface area contributed by atoms with Gasteiger partial charge in [-0.05, 0) is 44.2 Å². The lowest BCUT2D eigenvalue weighted by atomic mass is 10.2. The fourth-order valence-electron chi connectivity index (χ4n) is 2.94. The predicted octanol–water partition coefficient (Wildman–Crippen LogP) is 3.33. The van der Waals surface area contributed by atoms with Crippen LogP contribution in [0.25, 0.3) is 10.9 Å². The SMILES string of the molecule is Cc1ccc(S(=O)(=O)OCC2COc3ccc4[nH]c(C)cc4c3O2)cc1. The van der Waals surface area contributed by atoms with Gasteiger partial charge in [0, 0.05) is 16.6 Å². The van der Waals surface area contributed by atoms with Gasteiger partial charge in [-0.2, -0.15) is 8.42 Å². The fraction of sp³-hybridized carbons (Fsp3) is 0.263. The average Bonchev–Trinajstić information content (AvgIpc) is 3.01. The third-order valence-electron chi connectivity index (χ3n) is 4.28. The molecule has 2 aromatic carbocycles. The monoisotopic (exact) mass is 373 g/mol. The number of aromatic amines is 1. The first-order valence-corrected chi connectivity index (χ1v) is 9.71. The predicted molar refractivity (Wildman–Crippen MR) is 97.3 cm³/mol. The number of aromatic nitrogens is 1. The second kappa shape index (κ2) is 6.34. The minimum absolute atomic E-state index is 0.116. The molecular formula is C19H19NO5S. The average molecular weight is 373 g/mol. The van der Waals surface area contributed by atoms with E-state index in [1.54, 1.807) is 12.1 Å². The molecule has 1 aliphatic rings. The van der Waals surface area contributed by atoms with E-state index in [1.807, 2.05) is 32.0 Å². The Balaban J connectivity index is 1.51. The lowest BCUT2D eigenvalue weighted by Crippen LogP contribution is -2.34. The molecule has 136 valence electrons. The van der Waals surface area contributed by atoms with Gasteiger partial charge in [-0.1, -0.05) is 17.7 Å². The summed E-state index contributed by atoms with van der Waals surface area (Å²) in [7, 11) is -3.83. The van der Waals surface area contributed by atoms with Gasteiger partial charge in [0.25, 0.3) is 10.1 Å². The Kier molecular flexibility index (Phi) is 4.13. The molecule has 26 heavy (non-hydrogen) atoms. The van der Waals surface area contributed by atoms with Crippen LogP contribution in [-0.4, -0.2) is 32.7 Å². The van der Waals surface area contributed by atoms with E-state index in [2.05, 4.69) is 4.98 Å². The van der Waals surface area contributed by atoms with Gasteiger partial charge in [0.05, 0.1) is 4.90 Å². The summed E-state index contributed by atoms with van der Waals surface area (Å²) in [5, 5.41) is 0.908. The third kappa shape index (κ3) is 3.15. The molecule has 0 aliphatic carbocycles. The third-order valence-corrected chi connectivity index (χ3v) is 5.58. The first-order valence-electron chi connectivity index (χ1n) is 8.30. The molecule has 0 radical (unpaired) electrons. The van der Waals surface area contributed by atoms with Crippen molar-refractivity contribution in [2.24, 2.45) is 0 Å². The maximum atomic E-state index is 12.3. The molecule has 1 N–H and O–H groups in total. The van der Waals surface area contributed by atoms with Crippen molar-refractivity contribution in [1.82, 2.24) is 4.98 Å². The van der Waals surface area contributed by atoms with E-state index in [1.165, 1.54) is 12.1 Å². The van der Waals surface area contributed by atoms with Crippen LogP contribution in [0.1, 0.15) is 11.3 Å². The minimum Gasteiger partial charge on any atom is -0.486 e. The van der Waals surface area contributed by atoms with Gasteiger partial charge in [0.15, 0.2) is 17.6 Å². The molecule has 0 amide bonds. The molecule has 7 heteroatoms. The van der Waals surface area contributed by atoms with Gasteiger partial charge >= 0.3 is 0 Å². The van der Waals surface area contributed by atoms with E-state index in [4.69, 9.17) is 13.7 Å². The van der Waals surface area contributed by atoms with E-state index in [0.717, 1.165) is 22.2 Å². The number of rotatable bonds is 4. The van der Waals surface area contributed by atoms with Crippen LogP contribution < -0.4 is 9.47 Å². The molecule has 0 spiro atoms. The molecule has 6 nitrogen and oxygen atoms in total. The highest BCUT2D eigenvalue weighted by Gasteiger charge is 2.26. The Bertz CT molecular complexity index is 1050. The van der Waals surface area contributed by atoms with Gasteiger partial charge in [0.1, 0.15) is 13.2 Å². The Morgan fingerprint density at radius 3 is 2.69 bits per heavy atom. The molecule has 4 rings (SSSR count). The maximum Gasteiger partial charge on any atom is 0.297 e. The van der Waals surface area contributed by atoms with Crippen molar-refractivity contribution in [1.29, 1.82) is 0 Å². The van der Waals surface area contributed by atoms with Crippen LogP contribution >= 0.6 is 0 Å². The first-order chi connectivity index (χ1) is 12.4.